The molecule has 0 bridgehead atoms. The average molecular weight is 396 g/mol. The van der Waals surface area contributed by atoms with Crippen molar-refractivity contribution < 1.29 is 14.3 Å². The van der Waals surface area contributed by atoms with Crippen LogP contribution in [0.1, 0.15) is 103 Å². The number of esters is 1. The number of hydrogen-bond acceptors (Lipinski definition) is 4. The largest absolute Gasteiger partial charge is 0.465 e. The average Bonchev–Trinajstić information content (AvgIpc) is 3.10. The summed E-state index contributed by atoms with van der Waals surface area (Å²) in [6.45, 7) is 3.84. The molecule has 5 nitrogen and oxygen atoms in total. The molecule has 1 saturated heterocycles. The van der Waals surface area contributed by atoms with Crippen molar-refractivity contribution >= 4 is 5.97 Å². The van der Waals surface area contributed by atoms with E-state index in [1.807, 2.05) is 0 Å². The Bertz CT molecular complexity index is 438. The Morgan fingerprint density at radius 3 is 2.18 bits per heavy atom. The molecule has 0 aliphatic carbocycles. The van der Waals surface area contributed by atoms with Crippen molar-refractivity contribution in [3.8, 4) is 0 Å². The van der Waals surface area contributed by atoms with Gasteiger partial charge in [0, 0.05) is 16.1 Å². The van der Waals surface area contributed by atoms with E-state index >= 15 is 0 Å². The maximum Gasteiger partial charge on any atom is 0.305 e. The Hall–Kier alpha value is -1.23. The summed E-state index contributed by atoms with van der Waals surface area (Å²) in [4.78, 5) is 23.1. The van der Waals surface area contributed by atoms with E-state index in [1.165, 1.54) is 70.6 Å². The topological polar surface area (TPSA) is 58.4 Å². The Morgan fingerprint density at radius 1 is 0.964 bits per heavy atom. The standard InChI is InChI=1S/C23H43N2O3/c1-2-3-4-5-6-7-8-9-10-11-12-13-14-15-16-17-23(26)28-21-18-22-24-19-20-25(22)27/h9-10,22,24H,2-8,11-21H2,1H3/q+1/b10-9-. The minimum Gasteiger partial charge on any atom is -0.465 e. The summed E-state index contributed by atoms with van der Waals surface area (Å²) < 4.78 is 6.24. The molecule has 1 rings (SSSR count). The maximum atomic E-state index is 11.7. The minimum atomic E-state index is -0.187. The number of ether oxygens (including phenoxy) is 1. The third-order valence-electron chi connectivity index (χ3n) is 5.36. The fourth-order valence-electron chi connectivity index (χ4n) is 3.54. The Morgan fingerprint density at radius 2 is 1.57 bits per heavy atom. The highest BCUT2D eigenvalue weighted by molar-refractivity contribution is 5.69. The smallest absolute Gasteiger partial charge is 0.305 e. The molecule has 1 heterocycles. The van der Waals surface area contributed by atoms with E-state index in [9.17, 15) is 9.70 Å². The number of carbonyl (C=O) groups is 1. The summed E-state index contributed by atoms with van der Waals surface area (Å²) in [7, 11) is 0. The molecule has 162 valence electrons. The van der Waals surface area contributed by atoms with Gasteiger partial charge in [-0.2, -0.15) is 0 Å². The first kappa shape index (κ1) is 24.8. The summed E-state index contributed by atoms with van der Waals surface area (Å²) in [6, 6.07) is 0. The Balaban J connectivity index is 1.79. The van der Waals surface area contributed by atoms with Gasteiger partial charge >= 0.3 is 5.97 Å². The second-order valence-electron chi connectivity index (χ2n) is 7.95. The predicted molar refractivity (Wildman–Crippen MR) is 115 cm³/mol. The highest BCUT2D eigenvalue weighted by Crippen LogP contribution is 2.10. The zero-order valence-electron chi connectivity index (χ0n) is 18.1. The van der Waals surface area contributed by atoms with Gasteiger partial charge in [-0.25, -0.2) is 5.32 Å². The van der Waals surface area contributed by atoms with Gasteiger partial charge in [-0.05, 0) is 32.1 Å². The van der Waals surface area contributed by atoms with Crippen molar-refractivity contribution in [2.24, 2.45) is 0 Å². The number of nitroso groups, excluding NO2 is 1. The summed E-state index contributed by atoms with van der Waals surface area (Å²) in [5.74, 6) is -0.131. The van der Waals surface area contributed by atoms with Crippen LogP contribution in [0.15, 0.2) is 12.2 Å². The summed E-state index contributed by atoms with van der Waals surface area (Å²) >= 11 is 0. The number of carbonyl (C=O) groups excluding carboxylic acids is 1. The molecule has 0 radical (unpaired) electrons. The minimum absolute atomic E-state index is 0.131. The van der Waals surface area contributed by atoms with Crippen molar-refractivity contribution in [1.29, 1.82) is 0 Å². The van der Waals surface area contributed by atoms with Crippen molar-refractivity contribution in [2.45, 2.75) is 109 Å². The van der Waals surface area contributed by atoms with E-state index in [4.69, 9.17) is 4.74 Å². The molecule has 0 aromatic heterocycles. The van der Waals surface area contributed by atoms with Crippen LogP contribution in [0, 0.1) is 4.91 Å². The van der Waals surface area contributed by atoms with Gasteiger partial charge < -0.3 is 4.74 Å². The fraction of sp³-hybridized carbons (Fsp3) is 0.870. The summed E-state index contributed by atoms with van der Waals surface area (Å²) in [6.07, 6.45) is 21.9. The first-order valence-electron chi connectivity index (χ1n) is 11.7. The van der Waals surface area contributed by atoms with Crippen LogP contribution in [0.4, 0.5) is 0 Å². The lowest BCUT2D eigenvalue weighted by Gasteiger charge is -2.05. The van der Waals surface area contributed by atoms with Gasteiger partial charge in [-0.1, -0.05) is 70.4 Å². The molecule has 1 aliphatic rings. The first-order chi connectivity index (χ1) is 13.7. The van der Waals surface area contributed by atoms with Crippen molar-refractivity contribution in [3.63, 3.8) is 0 Å². The second kappa shape index (κ2) is 17.8. The number of nitrogens with zero attached hydrogens (tertiary/aromatic N) is 1. The number of nitrogens with one attached hydrogen (secondary N) is 1. The number of rotatable bonds is 18. The molecule has 0 aromatic rings. The monoisotopic (exact) mass is 395 g/mol. The van der Waals surface area contributed by atoms with Gasteiger partial charge in [0.1, 0.15) is 0 Å². The number of allylic oxidation sites excluding steroid dienone is 2. The fourth-order valence-corrected chi connectivity index (χ4v) is 3.54. The Kier molecular flexibility index (Phi) is 15.8. The highest BCUT2D eigenvalue weighted by atomic mass is 16.5. The predicted octanol–water partition coefficient (Wildman–Crippen LogP) is 5.67. The molecule has 1 unspecified atom stereocenters. The molecule has 1 aliphatic heterocycles. The summed E-state index contributed by atoms with van der Waals surface area (Å²) in [5.41, 5.74) is 0. The lowest BCUT2D eigenvalue weighted by atomic mass is 10.1. The lowest BCUT2D eigenvalue weighted by Crippen LogP contribution is -2.29. The number of unbranched alkanes of at least 4 members (excludes halogenated alkanes) is 11. The van der Waals surface area contributed by atoms with Crippen LogP contribution < -0.4 is 5.32 Å². The van der Waals surface area contributed by atoms with Gasteiger partial charge in [0.05, 0.1) is 19.6 Å². The zero-order chi connectivity index (χ0) is 20.3. The van der Waals surface area contributed by atoms with E-state index in [1.54, 1.807) is 0 Å². The van der Waals surface area contributed by atoms with E-state index < -0.39 is 0 Å². The van der Waals surface area contributed by atoms with Crippen molar-refractivity contribution in [3.05, 3.63) is 17.1 Å². The molecule has 0 saturated carbocycles. The van der Waals surface area contributed by atoms with Crippen LogP contribution in [0.5, 0.6) is 0 Å². The highest BCUT2D eigenvalue weighted by Gasteiger charge is 2.30. The molecule has 0 amide bonds. The quantitative estimate of drug-likeness (QED) is 0.141. The second-order valence-corrected chi connectivity index (χ2v) is 7.95. The van der Waals surface area contributed by atoms with Gasteiger partial charge in [0.15, 0.2) is 0 Å². The zero-order valence-corrected chi connectivity index (χ0v) is 18.1. The molecule has 28 heavy (non-hydrogen) atoms. The van der Waals surface area contributed by atoms with E-state index in [-0.39, 0.29) is 12.1 Å². The molecule has 1 N–H and O–H groups in total. The molecule has 0 aromatic carbocycles. The molecule has 0 spiro atoms. The van der Waals surface area contributed by atoms with E-state index in [0.717, 1.165) is 24.1 Å². The SMILES string of the molecule is CCCCCCCC/C=C\CCCCCCCC(=O)OCCC1NCC[N+]1=O. The van der Waals surface area contributed by atoms with Crippen LogP contribution in [-0.4, -0.2) is 36.6 Å². The van der Waals surface area contributed by atoms with Crippen LogP contribution in [-0.2, 0) is 9.53 Å². The van der Waals surface area contributed by atoms with Gasteiger partial charge in [0.25, 0.3) is 6.17 Å². The van der Waals surface area contributed by atoms with Crippen LogP contribution in [0.2, 0.25) is 0 Å². The molecular weight excluding hydrogens is 352 g/mol. The van der Waals surface area contributed by atoms with E-state index in [2.05, 4.69) is 24.4 Å². The Labute approximate surface area is 172 Å². The normalized spacial score (nSPS) is 16.9. The van der Waals surface area contributed by atoms with Crippen LogP contribution in [0.25, 0.3) is 0 Å². The van der Waals surface area contributed by atoms with Crippen LogP contribution in [0.3, 0.4) is 0 Å². The van der Waals surface area contributed by atoms with Crippen molar-refractivity contribution in [2.75, 3.05) is 19.7 Å². The van der Waals surface area contributed by atoms with Crippen LogP contribution >= 0.6 is 0 Å². The van der Waals surface area contributed by atoms with E-state index in [0.29, 0.717) is 26.0 Å². The summed E-state index contributed by atoms with van der Waals surface area (Å²) in [5, 5.41) is 3.10. The molecule has 1 fully saturated rings. The van der Waals surface area contributed by atoms with Gasteiger partial charge in [0.2, 0.25) is 6.54 Å². The third kappa shape index (κ3) is 13.9. The first-order valence-corrected chi connectivity index (χ1v) is 11.7. The maximum absolute atomic E-state index is 11.7. The molecule has 1 atom stereocenters. The van der Waals surface area contributed by atoms with Crippen molar-refractivity contribution in [1.82, 2.24) is 5.32 Å². The lowest BCUT2D eigenvalue weighted by molar-refractivity contribution is -0.567. The molecular formula is C23H43N2O3+. The van der Waals surface area contributed by atoms with Gasteiger partial charge in [-0.15, -0.1) is 0 Å². The van der Waals surface area contributed by atoms with Gasteiger partial charge in [-0.3, -0.25) is 4.79 Å². The molecule has 5 heteroatoms. The number of hydrogen-bond donors (Lipinski definition) is 1. The third-order valence-corrected chi connectivity index (χ3v) is 5.36.